The van der Waals surface area contributed by atoms with Crippen LogP contribution in [0.25, 0.3) is 0 Å². The second-order valence-corrected chi connectivity index (χ2v) is 11.7. The Morgan fingerprint density at radius 2 is 1.27 bits per heavy atom. The van der Waals surface area contributed by atoms with Crippen molar-refractivity contribution in [2.75, 3.05) is 26.4 Å². The molecule has 0 radical (unpaired) electrons. The Kier molecular flexibility index (Phi) is 7.71. The van der Waals surface area contributed by atoms with Crippen LogP contribution in [-0.4, -0.2) is 90.1 Å². The molecule has 4 N–H and O–H groups in total. The summed E-state index contributed by atoms with van der Waals surface area (Å²) in [5.74, 6) is -4.91. The first-order chi connectivity index (χ1) is 21.4. The highest BCUT2D eigenvalue weighted by Gasteiger charge is 2.51. The molecule has 4 saturated heterocycles. The van der Waals surface area contributed by atoms with Crippen LogP contribution in [-0.2, 0) is 23.8 Å². The number of fused-ring (bicyclic) bond motifs is 2. The maximum atomic E-state index is 13.8. The van der Waals surface area contributed by atoms with Crippen molar-refractivity contribution in [2.45, 2.75) is 48.8 Å². The van der Waals surface area contributed by atoms with E-state index in [-0.39, 0.29) is 51.2 Å². The monoisotopic (exact) mass is 626 g/mol. The van der Waals surface area contributed by atoms with Crippen LogP contribution in [0.4, 0.5) is 8.78 Å². The lowest BCUT2D eigenvalue weighted by atomic mass is 9.84. The Balaban J connectivity index is 0.000000131. The van der Waals surface area contributed by atoms with Crippen molar-refractivity contribution in [1.82, 2.24) is 15.5 Å². The molecule has 6 heterocycles. The molecule has 2 atom stereocenters. The van der Waals surface area contributed by atoms with E-state index < -0.39 is 41.4 Å². The average Bonchev–Trinajstić information content (AvgIpc) is 3.41. The van der Waals surface area contributed by atoms with E-state index >= 15 is 0 Å². The molecule has 0 aliphatic carbocycles. The second-order valence-electron chi connectivity index (χ2n) is 11.7. The van der Waals surface area contributed by atoms with Crippen LogP contribution in [0.1, 0.15) is 67.1 Å². The van der Waals surface area contributed by atoms with Crippen LogP contribution in [0.5, 0.6) is 0 Å². The number of amides is 4. The van der Waals surface area contributed by atoms with Gasteiger partial charge in [0.1, 0.15) is 23.2 Å². The van der Waals surface area contributed by atoms with Crippen LogP contribution in [0.3, 0.4) is 0 Å². The molecule has 2 unspecified atom stereocenters. The van der Waals surface area contributed by atoms with Gasteiger partial charge < -0.3 is 30.6 Å². The van der Waals surface area contributed by atoms with E-state index in [1.165, 1.54) is 24.3 Å². The number of nitrogens with zero attached hydrogens (tertiary/aromatic N) is 1. The molecule has 4 fully saturated rings. The number of esters is 2. The van der Waals surface area contributed by atoms with Gasteiger partial charge in [-0.2, -0.15) is 0 Å². The second kappa shape index (κ2) is 11.4. The number of ether oxygens (including phenoxy) is 3. The van der Waals surface area contributed by atoms with Crippen molar-refractivity contribution in [3.8, 4) is 0 Å². The summed E-state index contributed by atoms with van der Waals surface area (Å²) in [6.07, 6.45) is 2.73. The van der Waals surface area contributed by atoms with E-state index in [2.05, 4.69) is 15.4 Å². The first-order valence-electron chi connectivity index (χ1n) is 14.2. The summed E-state index contributed by atoms with van der Waals surface area (Å²) < 4.78 is 41.0. The van der Waals surface area contributed by atoms with Gasteiger partial charge in [0.2, 0.25) is 11.8 Å². The van der Waals surface area contributed by atoms with Crippen molar-refractivity contribution < 1.29 is 51.8 Å². The molecule has 2 aromatic carbocycles. The molecule has 6 aliphatic rings. The fourth-order valence-electron chi connectivity index (χ4n) is 5.94. The predicted octanol–water partition coefficient (Wildman–Crippen LogP) is 0.598. The highest BCUT2D eigenvalue weighted by Crippen LogP contribution is 2.34. The van der Waals surface area contributed by atoms with Crippen molar-refractivity contribution >= 4 is 35.6 Å². The number of carbonyl (C=O) groups is 6. The molecule has 6 aliphatic heterocycles. The van der Waals surface area contributed by atoms with Crippen LogP contribution in [0, 0.1) is 11.6 Å². The third-order valence-corrected chi connectivity index (χ3v) is 8.59. The predicted molar refractivity (Wildman–Crippen MR) is 147 cm³/mol. The maximum Gasteiger partial charge on any atom is 0.349 e. The van der Waals surface area contributed by atoms with Gasteiger partial charge in [0.05, 0.1) is 60.2 Å². The zero-order valence-electron chi connectivity index (χ0n) is 23.7. The zero-order valence-corrected chi connectivity index (χ0v) is 23.7. The Labute approximate surface area is 254 Å². The van der Waals surface area contributed by atoms with Gasteiger partial charge in [-0.05, 0) is 49.9 Å². The average molecular weight is 627 g/mol. The molecule has 236 valence electrons. The molecule has 13 nitrogen and oxygen atoms in total. The molecule has 0 bridgehead atoms. The number of carbonyl (C=O) groups excluding carboxylic acids is 6. The first kappa shape index (κ1) is 30.4. The molecule has 8 rings (SSSR count). The fourth-order valence-corrected chi connectivity index (χ4v) is 5.94. The number of hydrogen-bond acceptors (Lipinski definition) is 10. The molecule has 2 aromatic rings. The van der Waals surface area contributed by atoms with Crippen molar-refractivity contribution in [2.24, 2.45) is 5.73 Å². The lowest BCUT2D eigenvalue weighted by molar-refractivity contribution is -0.144. The number of imide groups is 1. The summed E-state index contributed by atoms with van der Waals surface area (Å²) in [5, 5.41) is 5.72. The first-order valence-corrected chi connectivity index (χ1v) is 14.2. The lowest BCUT2D eigenvalue weighted by Crippen LogP contribution is -2.69. The molecule has 0 aromatic heterocycles. The maximum absolute atomic E-state index is 13.8. The molecule has 45 heavy (non-hydrogen) atoms. The minimum absolute atomic E-state index is 0.000000000000000444. The summed E-state index contributed by atoms with van der Waals surface area (Å²) >= 11 is 0. The van der Waals surface area contributed by atoms with Gasteiger partial charge in [0, 0.05) is 0 Å². The van der Waals surface area contributed by atoms with Gasteiger partial charge in [0.25, 0.3) is 11.8 Å². The van der Waals surface area contributed by atoms with E-state index in [1.54, 1.807) is 0 Å². The fraction of sp³-hybridized carbons (Fsp3) is 0.400. The summed E-state index contributed by atoms with van der Waals surface area (Å²) in [4.78, 5) is 70.7. The van der Waals surface area contributed by atoms with Gasteiger partial charge in [-0.1, -0.05) is 12.1 Å². The van der Waals surface area contributed by atoms with Crippen LogP contribution >= 0.6 is 0 Å². The third kappa shape index (κ3) is 5.36. The molecule has 15 heteroatoms. The van der Waals surface area contributed by atoms with E-state index in [0.717, 1.165) is 29.9 Å². The number of nitrogens with two attached hydrogens (primary N) is 1. The molecule has 4 amide bonds. The van der Waals surface area contributed by atoms with E-state index in [1.807, 2.05) is 0 Å². The largest absolute Gasteiger partial charge is 0.386 e. The summed E-state index contributed by atoms with van der Waals surface area (Å²) in [6.45, 7) is 2.21. The number of cyclic esters (lactones) is 2. The molecular weight excluding hydrogens is 598 g/mol. The van der Waals surface area contributed by atoms with Gasteiger partial charge >= 0.3 is 11.9 Å². The van der Waals surface area contributed by atoms with E-state index in [9.17, 15) is 37.5 Å². The highest BCUT2D eigenvalue weighted by atomic mass is 19.1. The standard InChI is InChI=1S/C15H13FN2O4.C8H3FO3.C7H12N2O2/c16-9-3-1-2-8-11(9)14(21)18(13(8)20)10-4-5-15(6-22-7-15)17-12(10)19;9-5-3-1-2-4-6(5)8(11)12-7(4)10;8-5-1-2-7(3-11-4-7)9-6(5)10/h1-3,10H,4-7H2,(H,17,19);1-3H;5H,1-4,8H2,(H,9,10). The summed E-state index contributed by atoms with van der Waals surface area (Å²) in [7, 11) is 0. The van der Waals surface area contributed by atoms with Crippen molar-refractivity contribution in [3.63, 3.8) is 0 Å². The Morgan fingerprint density at radius 1 is 0.711 bits per heavy atom. The molecule has 0 saturated carbocycles. The van der Waals surface area contributed by atoms with E-state index in [0.29, 0.717) is 39.3 Å². The van der Waals surface area contributed by atoms with Crippen LogP contribution in [0.2, 0.25) is 0 Å². The third-order valence-electron chi connectivity index (χ3n) is 8.59. The molecular formula is C30H28F2N4O9. The number of hydrogen-bond donors (Lipinski definition) is 3. The summed E-state index contributed by atoms with van der Waals surface area (Å²) in [6, 6.07) is 6.54. The van der Waals surface area contributed by atoms with E-state index in [4.69, 9.17) is 15.2 Å². The van der Waals surface area contributed by atoms with Gasteiger partial charge in [0.15, 0.2) is 0 Å². The highest BCUT2D eigenvalue weighted by molar-refractivity contribution is 6.23. The number of piperidine rings is 2. The summed E-state index contributed by atoms with van der Waals surface area (Å²) in [5.41, 5.74) is 4.63. The topological polar surface area (TPSA) is 183 Å². The number of benzene rings is 2. The zero-order chi connectivity index (χ0) is 32.1. The lowest BCUT2D eigenvalue weighted by Gasteiger charge is -2.47. The normalized spacial score (nSPS) is 25.0. The molecule has 2 spiro atoms. The van der Waals surface area contributed by atoms with Crippen LogP contribution < -0.4 is 16.4 Å². The SMILES string of the molecule is NC1CCC2(COC2)NC1=O.O=C1NC2(CCC1N1C(=O)c3cccc(F)c3C1=O)COC2.O=C1OC(=O)c2c(F)cccc21. The van der Waals surface area contributed by atoms with Gasteiger partial charge in [-0.25, -0.2) is 18.4 Å². The Hall–Kier alpha value is -4.60. The van der Waals surface area contributed by atoms with Gasteiger partial charge in [-0.3, -0.25) is 24.1 Å². The smallest absolute Gasteiger partial charge is 0.349 e. The minimum Gasteiger partial charge on any atom is -0.386 e. The van der Waals surface area contributed by atoms with Crippen molar-refractivity contribution in [1.29, 1.82) is 0 Å². The number of rotatable bonds is 1. The van der Waals surface area contributed by atoms with Crippen LogP contribution in [0.15, 0.2) is 36.4 Å². The quantitative estimate of drug-likeness (QED) is 0.230. The van der Waals surface area contributed by atoms with Gasteiger partial charge in [-0.15, -0.1) is 0 Å². The Morgan fingerprint density at radius 3 is 1.78 bits per heavy atom. The Bertz CT molecular complexity index is 1640. The number of halogens is 2. The minimum atomic E-state index is -0.909. The number of nitrogens with one attached hydrogen (secondary N) is 2. The van der Waals surface area contributed by atoms with Crippen molar-refractivity contribution in [3.05, 3.63) is 70.3 Å².